The second kappa shape index (κ2) is 12.3. The summed E-state index contributed by atoms with van der Waals surface area (Å²) in [5.41, 5.74) is 4.40. The van der Waals surface area contributed by atoms with Gasteiger partial charge in [-0.15, -0.1) is 0 Å². The number of hydrogen-bond donors (Lipinski definition) is 2. The van der Waals surface area contributed by atoms with Gasteiger partial charge in [-0.25, -0.2) is 4.98 Å². The molecular formula is C30H33N5O4. The lowest BCUT2D eigenvalue weighted by Gasteiger charge is -2.26. The number of H-pyrrole nitrogens is 1. The molecule has 2 aliphatic heterocycles. The van der Waals surface area contributed by atoms with Gasteiger partial charge in [0.1, 0.15) is 23.8 Å². The third kappa shape index (κ3) is 6.39. The summed E-state index contributed by atoms with van der Waals surface area (Å²) >= 11 is 0. The number of ether oxygens (including phenoxy) is 4. The van der Waals surface area contributed by atoms with Crippen LogP contribution < -0.4 is 14.8 Å². The van der Waals surface area contributed by atoms with Gasteiger partial charge in [-0.1, -0.05) is 24.3 Å². The molecule has 0 saturated carbocycles. The maximum absolute atomic E-state index is 6.21. The number of fused-ring (bicyclic) bond motifs is 9. The van der Waals surface area contributed by atoms with Crippen molar-refractivity contribution in [2.75, 3.05) is 58.0 Å². The Kier molecular flexibility index (Phi) is 7.99. The summed E-state index contributed by atoms with van der Waals surface area (Å²) in [5.74, 6) is 2.13. The molecular weight excluding hydrogens is 494 g/mol. The van der Waals surface area contributed by atoms with E-state index < -0.39 is 0 Å². The molecule has 202 valence electrons. The van der Waals surface area contributed by atoms with Crippen LogP contribution in [-0.2, 0) is 16.1 Å². The van der Waals surface area contributed by atoms with Crippen LogP contribution in [0.25, 0.3) is 22.3 Å². The molecule has 2 N–H and O–H groups in total. The molecule has 9 heteroatoms. The number of nitrogens with zero attached hydrogens (tertiary/aromatic N) is 3. The summed E-state index contributed by atoms with van der Waals surface area (Å²) in [4.78, 5) is 15.2. The smallest absolute Gasteiger partial charge is 0.229 e. The number of benzene rings is 2. The first-order chi connectivity index (χ1) is 19.3. The summed E-state index contributed by atoms with van der Waals surface area (Å²) in [6.45, 7) is 6.43. The highest BCUT2D eigenvalue weighted by atomic mass is 16.5. The van der Waals surface area contributed by atoms with Gasteiger partial charge >= 0.3 is 0 Å². The van der Waals surface area contributed by atoms with Crippen LogP contribution in [0.5, 0.6) is 11.5 Å². The molecule has 0 amide bonds. The molecule has 4 heterocycles. The third-order valence-electron chi connectivity index (χ3n) is 6.80. The summed E-state index contributed by atoms with van der Waals surface area (Å²) < 4.78 is 23.6. The predicted octanol–water partition coefficient (Wildman–Crippen LogP) is 4.93. The summed E-state index contributed by atoms with van der Waals surface area (Å²) in [5, 5.41) is 4.34. The molecule has 1 fully saturated rings. The van der Waals surface area contributed by atoms with Crippen molar-refractivity contribution in [3.8, 4) is 22.8 Å². The van der Waals surface area contributed by atoms with Crippen LogP contribution in [-0.4, -0.2) is 72.5 Å². The van der Waals surface area contributed by atoms with Crippen molar-refractivity contribution in [2.24, 2.45) is 0 Å². The van der Waals surface area contributed by atoms with Gasteiger partial charge in [0.15, 0.2) is 0 Å². The van der Waals surface area contributed by atoms with Gasteiger partial charge < -0.3 is 29.2 Å². The SMILES string of the molecule is C1=C/COCc2cc(ccc2OCCN2CCOCC2)Nc2nc(c3cc[nH]c3n2)-c2cccc(c2)OCC/1. The highest BCUT2D eigenvalue weighted by Gasteiger charge is 2.14. The highest BCUT2D eigenvalue weighted by Crippen LogP contribution is 2.31. The van der Waals surface area contributed by atoms with E-state index in [1.165, 1.54) is 0 Å². The number of aromatic nitrogens is 3. The molecule has 2 aliphatic rings. The maximum atomic E-state index is 6.21. The Morgan fingerprint density at radius 2 is 1.90 bits per heavy atom. The second-order valence-electron chi connectivity index (χ2n) is 9.54. The van der Waals surface area contributed by atoms with Crippen LogP contribution in [0.1, 0.15) is 12.0 Å². The Bertz CT molecular complexity index is 1430. The normalized spacial score (nSPS) is 17.4. The number of morpholine rings is 1. The summed E-state index contributed by atoms with van der Waals surface area (Å²) in [7, 11) is 0. The second-order valence-corrected chi connectivity index (χ2v) is 9.54. The molecule has 9 nitrogen and oxygen atoms in total. The zero-order valence-electron chi connectivity index (χ0n) is 21.9. The molecule has 0 unspecified atom stereocenters. The van der Waals surface area contributed by atoms with E-state index in [1.54, 1.807) is 0 Å². The van der Waals surface area contributed by atoms with E-state index in [4.69, 9.17) is 28.9 Å². The van der Waals surface area contributed by atoms with E-state index in [9.17, 15) is 0 Å². The minimum Gasteiger partial charge on any atom is -0.493 e. The Labute approximate surface area is 227 Å². The molecule has 39 heavy (non-hydrogen) atoms. The lowest BCUT2D eigenvalue weighted by Crippen LogP contribution is -2.38. The minimum absolute atomic E-state index is 0.426. The monoisotopic (exact) mass is 527 g/mol. The quantitative estimate of drug-likeness (QED) is 0.361. The minimum atomic E-state index is 0.426. The van der Waals surface area contributed by atoms with E-state index in [-0.39, 0.29) is 0 Å². The van der Waals surface area contributed by atoms with Crippen LogP contribution in [0.3, 0.4) is 0 Å². The topological polar surface area (TPSA) is 93.8 Å². The van der Waals surface area contributed by atoms with E-state index in [2.05, 4.69) is 21.3 Å². The van der Waals surface area contributed by atoms with Gasteiger partial charge in [-0.05, 0) is 42.8 Å². The van der Waals surface area contributed by atoms with Crippen molar-refractivity contribution in [1.82, 2.24) is 19.9 Å². The van der Waals surface area contributed by atoms with Gasteiger partial charge in [0, 0.05) is 48.0 Å². The fourth-order valence-corrected chi connectivity index (χ4v) is 4.77. The largest absolute Gasteiger partial charge is 0.493 e. The van der Waals surface area contributed by atoms with Crippen LogP contribution in [0, 0.1) is 0 Å². The van der Waals surface area contributed by atoms with Crippen molar-refractivity contribution in [3.63, 3.8) is 0 Å². The van der Waals surface area contributed by atoms with Gasteiger partial charge in [0.05, 0.1) is 38.7 Å². The fraction of sp³-hybridized carbons (Fsp3) is 0.333. The first kappa shape index (κ1) is 25.4. The molecule has 0 radical (unpaired) electrons. The maximum Gasteiger partial charge on any atom is 0.229 e. The average Bonchev–Trinajstić information content (AvgIpc) is 3.44. The molecule has 0 aliphatic carbocycles. The molecule has 0 atom stereocenters. The van der Waals surface area contributed by atoms with Crippen LogP contribution in [0.4, 0.5) is 11.6 Å². The van der Waals surface area contributed by atoms with Crippen LogP contribution in [0.2, 0.25) is 0 Å². The number of aromatic amines is 1. The van der Waals surface area contributed by atoms with Crippen molar-refractivity contribution in [1.29, 1.82) is 0 Å². The van der Waals surface area contributed by atoms with Gasteiger partial charge in [0.25, 0.3) is 0 Å². The summed E-state index contributed by atoms with van der Waals surface area (Å²) in [6.07, 6.45) is 6.80. The number of rotatable bonds is 4. The van der Waals surface area contributed by atoms with E-state index in [0.29, 0.717) is 32.4 Å². The lowest BCUT2D eigenvalue weighted by atomic mass is 10.1. The number of anilines is 2. The number of nitrogens with one attached hydrogen (secondary N) is 2. The average molecular weight is 528 g/mol. The Morgan fingerprint density at radius 1 is 0.949 bits per heavy atom. The molecule has 1 saturated heterocycles. The molecule has 4 aromatic rings. The molecule has 0 spiro atoms. The van der Waals surface area contributed by atoms with Crippen molar-refractivity contribution >= 4 is 22.7 Å². The van der Waals surface area contributed by atoms with Crippen molar-refractivity contribution in [3.05, 3.63) is 72.4 Å². The van der Waals surface area contributed by atoms with Crippen LogP contribution in [0.15, 0.2) is 66.9 Å². The van der Waals surface area contributed by atoms with Gasteiger partial charge in [-0.3, -0.25) is 4.90 Å². The Hall–Kier alpha value is -3.92. The van der Waals surface area contributed by atoms with Crippen molar-refractivity contribution in [2.45, 2.75) is 13.0 Å². The van der Waals surface area contributed by atoms with Gasteiger partial charge in [-0.2, -0.15) is 4.98 Å². The summed E-state index contributed by atoms with van der Waals surface area (Å²) in [6, 6.07) is 16.0. The Balaban J connectivity index is 1.29. The third-order valence-corrected chi connectivity index (χ3v) is 6.80. The highest BCUT2D eigenvalue weighted by molar-refractivity contribution is 5.92. The number of hydrogen-bond acceptors (Lipinski definition) is 8. The first-order valence-corrected chi connectivity index (χ1v) is 13.5. The van der Waals surface area contributed by atoms with E-state index in [0.717, 1.165) is 84.3 Å². The first-order valence-electron chi connectivity index (χ1n) is 13.5. The van der Waals surface area contributed by atoms with Crippen molar-refractivity contribution < 1.29 is 18.9 Å². The Morgan fingerprint density at radius 3 is 2.85 bits per heavy atom. The zero-order valence-corrected chi connectivity index (χ0v) is 21.9. The van der Waals surface area contributed by atoms with Gasteiger partial charge in [0.2, 0.25) is 5.95 Å². The predicted molar refractivity (Wildman–Crippen MR) is 151 cm³/mol. The van der Waals surface area contributed by atoms with Crippen LogP contribution >= 0.6 is 0 Å². The molecule has 2 aromatic carbocycles. The molecule has 6 rings (SSSR count). The molecule has 6 bridgehead atoms. The lowest BCUT2D eigenvalue weighted by molar-refractivity contribution is 0.0320. The van der Waals surface area contributed by atoms with E-state index in [1.807, 2.05) is 60.8 Å². The molecule has 2 aromatic heterocycles. The standard InChI is InChI=1S/C30H33N5O4/c1-2-14-37-21-23-19-24(7-8-27(23)39-18-13-35-11-16-36-17-12-35)32-30-33-28(26-9-10-31-29(26)34-30)22-5-4-6-25(20-22)38-15-3-1/h1-2,4-10,19-20H,3,11-18,21H2,(H2,31,32,33,34)/b2-1+. The van der Waals surface area contributed by atoms with E-state index >= 15 is 0 Å². The fourth-order valence-electron chi connectivity index (χ4n) is 4.77. The zero-order chi connectivity index (χ0) is 26.3.